The van der Waals surface area contributed by atoms with Crippen LogP contribution in [0.25, 0.3) is 0 Å². The molecule has 0 amide bonds. The molecule has 0 fully saturated rings. The largest absolute Gasteiger partial charge is 0.465 e. The molecule has 0 aromatic carbocycles. The third kappa shape index (κ3) is 12.6. The van der Waals surface area contributed by atoms with E-state index < -0.39 is 0 Å². The fourth-order valence-corrected chi connectivity index (χ4v) is 2.14. The Bertz CT molecular complexity index is 291. The number of unbranched alkanes of at least 4 members (excludes halogenated alkanes) is 3. The Hall–Kier alpha value is -1.10. The van der Waals surface area contributed by atoms with E-state index in [-0.39, 0.29) is 31.6 Å². The van der Waals surface area contributed by atoms with E-state index in [9.17, 15) is 9.59 Å². The lowest BCUT2D eigenvalue weighted by molar-refractivity contribution is -0.147. The molecule has 0 bridgehead atoms. The Morgan fingerprint density at radius 2 is 1.59 bits per heavy atom. The van der Waals surface area contributed by atoms with Crippen LogP contribution in [-0.2, 0) is 19.1 Å². The highest BCUT2D eigenvalue weighted by molar-refractivity contribution is 5.70. The van der Waals surface area contributed by atoms with Gasteiger partial charge in [0.2, 0.25) is 0 Å². The van der Waals surface area contributed by atoms with Crippen LogP contribution in [0.2, 0.25) is 0 Å². The summed E-state index contributed by atoms with van der Waals surface area (Å²) in [6.07, 6.45) is 7.64. The molecule has 0 saturated carbocycles. The van der Waals surface area contributed by atoms with E-state index in [0.29, 0.717) is 31.8 Å². The molecule has 0 aliphatic heterocycles. The quantitative estimate of drug-likeness (QED) is 0.393. The second-order valence-electron chi connectivity index (χ2n) is 5.60. The minimum atomic E-state index is -0.329. The van der Waals surface area contributed by atoms with Gasteiger partial charge in [-0.15, -0.1) is 0 Å². The lowest BCUT2D eigenvalue weighted by Gasteiger charge is -2.14. The number of carbonyl (C=O) groups excluding carboxylic acids is 2. The van der Waals surface area contributed by atoms with E-state index in [1.165, 1.54) is 19.3 Å². The molecule has 5 nitrogen and oxygen atoms in total. The van der Waals surface area contributed by atoms with Gasteiger partial charge in [-0.1, -0.05) is 39.5 Å². The highest BCUT2D eigenvalue weighted by Gasteiger charge is 2.10. The van der Waals surface area contributed by atoms with Gasteiger partial charge in [0.1, 0.15) is 6.61 Å². The minimum Gasteiger partial charge on any atom is -0.465 e. The molecule has 5 heteroatoms. The van der Waals surface area contributed by atoms with Crippen molar-refractivity contribution in [3.05, 3.63) is 0 Å². The van der Waals surface area contributed by atoms with Crippen LogP contribution in [0.1, 0.15) is 71.6 Å². The molecule has 0 heterocycles. The highest BCUT2D eigenvalue weighted by Crippen LogP contribution is 2.14. The second kappa shape index (κ2) is 14.8. The number of aliphatic hydroxyl groups is 1. The van der Waals surface area contributed by atoms with Crippen LogP contribution in [0.4, 0.5) is 0 Å². The van der Waals surface area contributed by atoms with Gasteiger partial charge in [-0.2, -0.15) is 0 Å². The van der Waals surface area contributed by atoms with Crippen molar-refractivity contribution < 1.29 is 24.2 Å². The summed E-state index contributed by atoms with van der Waals surface area (Å²) in [5.41, 5.74) is 0. The third-order valence-corrected chi connectivity index (χ3v) is 3.64. The van der Waals surface area contributed by atoms with Gasteiger partial charge in [-0.05, 0) is 25.2 Å². The number of esters is 2. The standard InChI is InChI=1S/C17H32O5/c1-3-5-6-9-15(4-2)14-22-17(20)11-8-7-10-16(19)21-13-12-18/h15,18H,3-14H2,1-2H3. The first-order valence-corrected chi connectivity index (χ1v) is 8.56. The van der Waals surface area contributed by atoms with Gasteiger partial charge >= 0.3 is 11.9 Å². The molecule has 1 unspecified atom stereocenters. The van der Waals surface area contributed by atoms with Crippen molar-refractivity contribution in [2.45, 2.75) is 71.6 Å². The van der Waals surface area contributed by atoms with Crippen molar-refractivity contribution in [1.82, 2.24) is 0 Å². The summed E-state index contributed by atoms with van der Waals surface area (Å²) >= 11 is 0. The van der Waals surface area contributed by atoms with E-state index in [4.69, 9.17) is 14.6 Å². The fraction of sp³-hybridized carbons (Fsp3) is 0.882. The van der Waals surface area contributed by atoms with Gasteiger partial charge in [0.15, 0.2) is 0 Å². The van der Waals surface area contributed by atoms with Gasteiger partial charge < -0.3 is 14.6 Å². The van der Waals surface area contributed by atoms with E-state index >= 15 is 0 Å². The molecule has 0 radical (unpaired) electrons. The zero-order valence-corrected chi connectivity index (χ0v) is 14.1. The summed E-state index contributed by atoms with van der Waals surface area (Å²) in [5.74, 6) is -0.0500. The summed E-state index contributed by atoms with van der Waals surface area (Å²) < 4.78 is 10.0. The molecule has 1 N–H and O–H groups in total. The number of aliphatic hydroxyl groups excluding tert-OH is 1. The van der Waals surface area contributed by atoms with Crippen LogP contribution in [-0.4, -0.2) is 36.9 Å². The van der Waals surface area contributed by atoms with Crippen LogP contribution in [0.5, 0.6) is 0 Å². The number of ether oxygens (including phenoxy) is 2. The Morgan fingerprint density at radius 3 is 2.14 bits per heavy atom. The zero-order chi connectivity index (χ0) is 16.6. The van der Waals surface area contributed by atoms with Gasteiger partial charge in [0.25, 0.3) is 0 Å². The van der Waals surface area contributed by atoms with Crippen molar-refractivity contribution in [2.24, 2.45) is 5.92 Å². The molecule has 0 rings (SSSR count). The smallest absolute Gasteiger partial charge is 0.305 e. The van der Waals surface area contributed by atoms with Crippen molar-refractivity contribution in [3.63, 3.8) is 0 Å². The number of carbonyl (C=O) groups is 2. The maximum absolute atomic E-state index is 11.6. The first-order valence-electron chi connectivity index (χ1n) is 8.56. The van der Waals surface area contributed by atoms with Crippen LogP contribution in [0.3, 0.4) is 0 Å². The van der Waals surface area contributed by atoms with E-state index in [1.54, 1.807) is 0 Å². The predicted octanol–water partition coefficient (Wildman–Crippen LogP) is 3.23. The molecule has 0 aromatic rings. The Kier molecular flexibility index (Phi) is 14.1. The maximum atomic E-state index is 11.6. The molecule has 1 atom stereocenters. The minimum absolute atomic E-state index is 0.0390. The summed E-state index contributed by atoms with van der Waals surface area (Å²) in [4.78, 5) is 22.8. The van der Waals surface area contributed by atoms with Crippen molar-refractivity contribution in [2.75, 3.05) is 19.8 Å². The number of hydrogen-bond acceptors (Lipinski definition) is 5. The third-order valence-electron chi connectivity index (χ3n) is 3.64. The monoisotopic (exact) mass is 316 g/mol. The summed E-state index contributed by atoms with van der Waals surface area (Å²) in [6.45, 7) is 4.70. The Balaban J connectivity index is 3.61. The first-order chi connectivity index (χ1) is 10.6. The second-order valence-corrected chi connectivity index (χ2v) is 5.60. The lowest BCUT2D eigenvalue weighted by Crippen LogP contribution is -2.14. The molecule has 0 saturated heterocycles. The van der Waals surface area contributed by atoms with E-state index in [0.717, 1.165) is 12.8 Å². The summed E-state index contributed by atoms with van der Waals surface area (Å²) in [6, 6.07) is 0. The average molecular weight is 316 g/mol. The van der Waals surface area contributed by atoms with Crippen LogP contribution >= 0.6 is 0 Å². The van der Waals surface area contributed by atoms with Gasteiger partial charge in [0.05, 0.1) is 13.2 Å². The molecule has 130 valence electrons. The molecule has 0 aliphatic carbocycles. The number of hydrogen-bond donors (Lipinski definition) is 1. The maximum Gasteiger partial charge on any atom is 0.305 e. The number of rotatable bonds is 14. The SMILES string of the molecule is CCCCCC(CC)COC(=O)CCCCC(=O)OCCO. The molecule has 0 spiro atoms. The van der Waals surface area contributed by atoms with Crippen molar-refractivity contribution >= 4 is 11.9 Å². The first kappa shape index (κ1) is 20.9. The predicted molar refractivity (Wildman–Crippen MR) is 85.4 cm³/mol. The van der Waals surface area contributed by atoms with Crippen LogP contribution in [0.15, 0.2) is 0 Å². The van der Waals surface area contributed by atoms with E-state index in [1.807, 2.05) is 0 Å². The van der Waals surface area contributed by atoms with E-state index in [2.05, 4.69) is 13.8 Å². The van der Waals surface area contributed by atoms with Gasteiger partial charge in [-0.3, -0.25) is 9.59 Å². The van der Waals surface area contributed by atoms with Crippen LogP contribution < -0.4 is 0 Å². The topological polar surface area (TPSA) is 72.8 Å². The summed E-state index contributed by atoms with van der Waals surface area (Å²) in [5, 5.41) is 8.51. The van der Waals surface area contributed by atoms with Gasteiger partial charge in [-0.25, -0.2) is 0 Å². The molecule has 22 heavy (non-hydrogen) atoms. The molecule has 0 aromatic heterocycles. The van der Waals surface area contributed by atoms with Crippen molar-refractivity contribution in [3.8, 4) is 0 Å². The molecule has 0 aliphatic rings. The average Bonchev–Trinajstić information content (AvgIpc) is 2.52. The summed E-state index contributed by atoms with van der Waals surface area (Å²) in [7, 11) is 0. The fourth-order valence-electron chi connectivity index (χ4n) is 2.14. The molecular weight excluding hydrogens is 284 g/mol. The zero-order valence-electron chi connectivity index (χ0n) is 14.1. The molecular formula is C17H32O5. The lowest BCUT2D eigenvalue weighted by atomic mass is 10.00. The Morgan fingerprint density at radius 1 is 0.955 bits per heavy atom. The van der Waals surface area contributed by atoms with Crippen LogP contribution in [0, 0.1) is 5.92 Å². The highest BCUT2D eigenvalue weighted by atomic mass is 16.5. The van der Waals surface area contributed by atoms with Crippen molar-refractivity contribution in [1.29, 1.82) is 0 Å². The Labute approximate surface area is 134 Å². The van der Waals surface area contributed by atoms with Gasteiger partial charge in [0, 0.05) is 12.8 Å². The normalized spacial score (nSPS) is 12.0.